The fourth-order valence-corrected chi connectivity index (χ4v) is 2.82. The van der Waals surface area contributed by atoms with E-state index in [-0.39, 0.29) is 17.3 Å². The fraction of sp³-hybridized carbons (Fsp3) is 0.235. The van der Waals surface area contributed by atoms with Crippen LogP contribution in [-0.4, -0.2) is 29.2 Å². The van der Waals surface area contributed by atoms with Gasteiger partial charge < -0.3 is 25.8 Å². The summed E-state index contributed by atoms with van der Waals surface area (Å²) in [5, 5.41) is 22.6. The highest BCUT2D eigenvalue weighted by atomic mass is 16.5. The lowest BCUT2D eigenvalue weighted by molar-refractivity contribution is 0.0694. The summed E-state index contributed by atoms with van der Waals surface area (Å²) < 4.78 is 5.46. The SMILES string of the molecule is Cc1ccc(CNC2Cc3cccc(C(=O)O)c3OB2O)cc1N. The highest BCUT2D eigenvalue weighted by molar-refractivity contribution is 6.46. The monoisotopic (exact) mass is 326 g/mol. The summed E-state index contributed by atoms with van der Waals surface area (Å²) in [5.41, 5.74) is 9.50. The molecule has 1 aliphatic heterocycles. The molecule has 6 nitrogen and oxygen atoms in total. The molecule has 1 heterocycles. The van der Waals surface area contributed by atoms with Crippen molar-refractivity contribution in [2.24, 2.45) is 0 Å². The van der Waals surface area contributed by atoms with Crippen LogP contribution in [0.4, 0.5) is 5.69 Å². The van der Waals surface area contributed by atoms with E-state index in [0.29, 0.717) is 13.0 Å². The second kappa shape index (κ2) is 6.55. The van der Waals surface area contributed by atoms with Crippen LogP contribution >= 0.6 is 0 Å². The van der Waals surface area contributed by atoms with Crippen molar-refractivity contribution >= 4 is 18.8 Å². The molecule has 0 spiro atoms. The Morgan fingerprint density at radius 3 is 2.92 bits per heavy atom. The first-order valence-electron chi connectivity index (χ1n) is 7.74. The summed E-state index contributed by atoms with van der Waals surface area (Å²) >= 11 is 0. The van der Waals surface area contributed by atoms with Gasteiger partial charge in [-0.2, -0.15) is 0 Å². The Balaban J connectivity index is 1.73. The maximum Gasteiger partial charge on any atom is 0.541 e. The van der Waals surface area contributed by atoms with Crippen molar-refractivity contribution in [1.82, 2.24) is 5.32 Å². The van der Waals surface area contributed by atoms with Crippen LogP contribution in [-0.2, 0) is 13.0 Å². The summed E-state index contributed by atoms with van der Waals surface area (Å²) in [5.74, 6) is -1.15. The zero-order valence-electron chi connectivity index (χ0n) is 13.3. The van der Waals surface area contributed by atoms with Crippen molar-refractivity contribution < 1.29 is 19.6 Å². The van der Waals surface area contributed by atoms with E-state index in [2.05, 4.69) is 5.32 Å². The standard InChI is InChI=1S/C17H19BN2O4/c1-10-5-6-11(7-14(10)19)9-20-15-8-12-3-2-4-13(17(21)22)16(12)24-18(15)23/h2-7,15,20,23H,8-9,19H2,1H3,(H,21,22). The number of para-hydroxylation sites is 1. The average molecular weight is 326 g/mol. The maximum atomic E-state index is 11.2. The van der Waals surface area contributed by atoms with Gasteiger partial charge in [0.2, 0.25) is 0 Å². The van der Waals surface area contributed by atoms with E-state index in [9.17, 15) is 14.9 Å². The third-order valence-corrected chi connectivity index (χ3v) is 4.26. The van der Waals surface area contributed by atoms with E-state index in [1.54, 1.807) is 6.07 Å². The van der Waals surface area contributed by atoms with Gasteiger partial charge in [0, 0.05) is 12.2 Å². The van der Waals surface area contributed by atoms with Crippen LogP contribution in [0.3, 0.4) is 0 Å². The summed E-state index contributed by atoms with van der Waals surface area (Å²) in [6.45, 7) is 2.48. The molecule has 1 atom stereocenters. The van der Waals surface area contributed by atoms with Crippen LogP contribution in [0.1, 0.15) is 27.0 Å². The molecule has 1 unspecified atom stereocenters. The molecule has 0 aromatic heterocycles. The van der Waals surface area contributed by atoms with Crippen LogP contribution in [0, 0.1) is 6.92 Å². The number of carbonyl (C=O) groups is 1. The number of hydrogen-bond donors (Lipinski definition) is 4. The van der Waals surface area contributed by atoms with Crippen LogP contribution in [0.15, 0.2) is 36.4 Å². The molecule has 5 N–H and O–H groups in total. The molecule has 7 heteroatoms. The number of carboxylic acid groups (broad SMARTS) is 1. The Morgan fingerprint density at radius 1 is 1.42 bits per heavy atom. The summed E-state index contributed by atoms with van der Waals surface area (Å²) in [6, 6.07) is 10.8. The number of anilines is 1. The number of carboxylic acids is 1. The number of aromatic carboxylic acids is 1. The molecule has 0 amide bonds. The van der Waals surface area contributed by atoms with Crippen molar-refractivity contribution in [2.45, 2.75) is 25.8 Å². The molecule has 0 saturated heterocycles. The zero-order chi connectivity index (χ0) is 17.3. The van der Waals surface area contributed by atoms with Crippen molar-refractivity contribution in [3.05, 3.63) is 58.7 Å². The second-order valence-electron chi connectivity index (χ2n) is 5.99. The number of nitrogen functional groups attached to an aromatic ring is 1. The molecule has 0 fully saturated rings. The molecular formula is C17H19BN2O4. The number of fused-ring (bicyclic) bond motifs is 1. The van der Waals surface area contributed by atoms with Gasteiger partial charge in [0.05, 0.1) is 11.5 Å². The summed E-state index contributed by atoms with van der Waals surface area (Å²) in [7, 11) is -1.11. The molecule has 3 rings (SSSR count). The topological polar surface area (TPSA) is 105 Å². The first-order chi connectivity index (χ1) is 11.5. The Hall–Kier alpha value is -2.51. The van der Waals surface area contributed by atoms with Crippen molar-refractivity contribution in [3.8, 4) is 5.75 Å². The van der Waals surface area contributed by atoms with E-state index >= 15 is 0 Å². The number of nitrogens with one attached hydrogen (secondary N) is 1. The maximum absolute atomic E-state index is 11.2. The smallest absolute Gasteiger partial charge is 0.534 e. The third-order valence-electron chi connectivity index (χ3n) is 4.26. The molecule has 0 aliphatic carbocycles. The fourth-order valence-electron chi connectivity index (χ4n) is 2.82. The first kappa shape index (κ1) is 16.4. The van der Waals surface area contributed by atoms with Gasteiger partial charge >= 0.3 is 13.1 Å². The Kier molecular flexibility index (Phi) is 4.46. The number of nitrogens with two attached hydrogens (primary N) is 1. The first-order valence-corrected chi connectivity index (χ1v) is 7.74. The van der Waals surface area contributed by atoms with Gasteiger partial charge in [-0.1, -0.05) is 24.3 Å². The van der Waals surface area contributed by atoms with Gasteiger partial charge in [-0.25, -0.2) is 4.79 Å². The molecule has 0 radical (unpaired) electrons. The molecule has 2 aromatic carbocycles. The molecule has 24 heavy (non-hydrogen) atoms. The van der Waals surface area contributed by atoms with E-state index in [1.165, 1.54) is 6.07 Å². The third kappa shape index (κ3) is 3.22. The molecule has 124 valence electrons. The molecule has 0 saturated carbocycles. The van der Waals surface area contributed by atoms with Crippen LogP contribution in [0.2, 0.25) is 0 Å². The Labute approximate surface area is 140 Å². The molecular weight excluding hydrogens is 307 g/mol. The van der Waals surface area contributed by atoms with Gasteiger partial charge in [-0.15, -0.1) is 0 Å². The summed E-state index contributed by atoms with van der Waals surface area (Å²) in [6.07, 6.45) is 0.485. The lowest BCUT2D eigenvalue weighted by Gasteiger charge is -2.29. The summed E-state index contributed by atoms with van der Waals surface area (Å²) in [4.78, 5) is 11.2. The van der Waals surface area contributed by atoms with Gasteiger partial charge in [-0.3, -0.25) is 0 Å². The predicted octanol–water partition coefficient (Wildman–Crippen LogP) is 1.39. The predicted molar refractivity (Wildman–Crippen MR) is 91.9 cm³/mol. The van der Waals surface area contributed by atoms with Crippen LogP contribution < -0.4 is 15.7 Å². The van der Waals surface area contributed by atoms with Gasteiger partial charge in [0.25, 0.3) is 0 Å². The van der Waals surface area contributed by atoms with Crippen LogP contribution in [0.5, 0.6) is 5.75 Å². The molecule has 2 aromatic rings. The van der Waals surface area contributed by atoms with Crippen LogP contribution in [0.25, 0.3) is 0 Å². The lowest BCUT2D eigenvalue weighted by atomic mass is 9.72. The van der Waals surface area contributed by atoms with E-state index in [0.717, 1.165) is 22.4 Å². The van der Waals surface area contributed by atoms with E-state index in [1.807, 2.05) is 31.2 Å². The number of rotatable bonds is 4. The van der Waals surface area contributed by atoms with E-state index in [4.69, 9.17) is 10.4 Å². The van der Waals surface area contributed by atoms with Gasteiger partial charge in [-0.05, 0) is 42.2 Å². The normalized spacial score (nSPS) is 16.4. The zero-order valence-corrected chi connectivity index (χ0v) is 13.3. The average Bonchev–Trinajstić information content (AvgIpc) is 2.55. The molecule has 1 aliphatic rings. The van der Waals surface area contributed by atoms with Crippen molar-refractivity contribution in [3.63, 3.8) is 0 Å². The lowest BCUT2D eigenvalue weighted by Crippen LogP contribution is -2.51. The number of benzene rings is 2. The van der Waals surface area contributed by atoms with Gasteiger partial charge in [0.15, 0.2) is 0 Å². The Bertz CT molecular complexity index is 781. The number of hydrogen-bond acceptors (Lipinski definition) is 5. The minimum Gasteiger partial charge on any atom is -0.534 e. The largest absolute Gasteiger partial charge is 0.541 e. The molecule has 0 bridgehead atoms. The highest BCUT2D eigenvalue weighted by Crippen LogP contribution is 2.30. The number of aryl methyl sites for hydroxylation is 1. The van der Waals surface area contributed by atoms with E-state index < -0.39 is 13.1 Å². The van der Waals surface area contributed by atoms with Crippen molar-refractivity contribution in [2.75, 3.05) is 5.73 Å². The van der Waals surface area contributed by atoms with Crippen molar-refractivity contribution in [1.29, 1.82) is 0 Å². The minimum absolute atomic E-state index is 0.0660. The van der Waals surface area contributed by atoms with Gasteiger partial charge in [0.1, 0.15) is 5.75 Å². The Morgan fingerprint density at radius 2 is 2.21 bits per heavy atom. The minimum atomic E-state index is -1.11. The second-order valence-corrected chi connectivity index (χ2v) is 5.99. The highest BCUT2D eigenvalue weighted by Gasteiger charge is 2.36. The quantitative estimate of drug-likeness (QED) is 0.500.